The lowest BCUT2D eigenvalue weighted by Gasteiger charge is -2.31. The van der Waals surface area contributed by atoms with Gasteiger partial charge in [0.2, 0.25) is 82.7 Å². The average molecular weight is 1430 g/mol. The largest absolute Gasteiger partial charge is 0.370 e. The maximum Gasteiger partial charge on any atom is 0.245 e. The lowest BCUT2D eigenvalue weighted by molar-refractivity contribution is -0.142. The van der Waals surface area contributed by atoms with Gasteiger partial charge in [-0.2, -0.15) is 0 Å². The van der Waals surface area contributed by atoms with E-state index in [1.807, 2.05) is 36.4 Å². The van der Waals surface area contributed by atoms with Gasteiger partial charge in [0.1, 0.15) is 60.4 Å². The van der Waals surface area contributed by atoms with Gasteiger partial charge in [-0.1, -0.05) is 86.1 Å². The van der Waals surface area contributed by atoms with Gasteiger partial charge in [0.15, 0.2) is 5.96 Å². The van der Waals surface area contributed by atoms with Crippen LogP contribution in [0.3, 0.4) is 0 Å². The predicted molar refractivity (Wildman–Crippen MR) is 370 cm³/mol. The molecule has 10 atom stereocenters. The molecule has 102 heavy (non-hydrogen) atoms. The molecule has 2 aliphatic heterocycles. The Morgan fingerprint density at radius 2 is 1.32 bits per heavy atom. The minimum Gasteiger partial charge on any atom is -0.370 e. The summed E-state index contributed by atoms with van der Waals surface area (Å²) in [5.74, 6) is -14.4. The van der Waals surface area contributed by atoms with Crippen LogP contribution >= 0.6 is 11.6 Å². The van der Waals surface area contributed by atoms with Gasteiger partial charge in [0.25, 0.3) is 0 Å². The molecule has 36 heteroatoms. The summed E-state index contributed by atoms with van der Waals surface area (Å²) in [7, 11) is 0. The first kappa shape index (κ1) is 79.7. The van der Waals surface area contributed by atoms with Crippen molar-refractivity contribution in [1.29, 1.82) is 0 Å². The Kier molecular flexibility index (Phi) is 30.8. The van der Waals surface area contributed by atoms with Crippen LogP contribution in [0.4, 0.5) is 0 Å². The van der Waals surface area contributed by atoms with Crippen molar-refractivity contribution in [1.82, 2.24) is 68.4 Å². The number of nitrogens with two attached hydrogens (primary N) is 4. The maximum atomic E-state index is 14.9. The Labute approximate surface area is 591 Å². The molecule has 546 valence electrons. The van der Waals surface area contributed by atoms with Gasteiger partial charge >= 0.3 is 0 Å². The second-order valence-corrected chi connectivity index (χ2v) is 25.3. The van der Waals surface area contributed by atoms with Crippen molar-refractivity contribution < 1.29 is 67.1 Å². The quantitative estimate of drug-likeness (QED) is 0.00677. The molecule has 0 radical (unpaired) electrons. The molecular formula is C66H86ClN21O14. The van der Waals surface area contributed by atoms with Crippen LogP contribution in [-0.2, 0) is 86.4 Å². The van der Waals surface area contributed by atoms with Gasteiger partial charge in [0, 0.05) is 81.1 Å². The van der Waals surface area contributed by atoms with Crippen LogP contribution in [-0.4, -0.2) is 192 Å². The summed E-state index contributed by atoms with van der Waals surface area (Å²) in [5, 5.41) is 33.0. The number of aromatic nitrogens is 1. The van der Waals surface area contributed by atoms with Crippen LogP contribution in [0.15, 0.2) is 101 Å². The van der Waals surface area contributed by atoms with Crippen LogP contribution in [0.5, 0.6) is 0 Å². The number of aliphatic imine (C=N–C) groups is 1. The summed E-state index contributed by atoms with van der Waals surface area (Å²) in [6.45, 7) is 3.13. The number of benzene rings is 3. The number of azide groups is 1. The number of primary amides is 1. The van der Waals surface area contributed by atoms with E-state index in [-0.39, 0.29) is 89.4 Å². The molecule has 6 rings (SSSR count). The second-order valence-electron chi connectivity index (χ2n) is 24.8. The van der Waals surface area contributed by atoms with E-state index < -0.39 is 163 Å². The molecule has 0 aliphatic carbocycles. The topological polar surface area (TPSA) is 553 Å². The smallest absolute Gasteiger partial charge is 0.245 e. The second kappa shape index (κ2) is 39.5. The van der Waals surface area contributed by atoms with Gasteiger partial charge < -0.3 is 86.3 Å². The lowest BCUT2D eigenvalue weighted by Crippen LogP contribution is -2.61. The summed E-state index contributed by atoms with van der Waals surface area (Å²) in [6, 6.07) is 6.77. The fourth-order valence-corrected chi connectivity index (χ4v) is 11.4. The normalized spacial score (nSPS) is 19.1. The fraction of sp³-hybridized carbons (Fsp3) is 0.455. The molecule has 2 aliphatic rings. The average Bonchev–Trinajstić information content (AvgIpc) is 1.76. The Morgan fingerprint density at radius 3 is 1.95 bits per heavy atom. The zero-order valence-electron chi connectivity index (χ0n) is 56.4. The van der Waals surface area contributed by atoms with E-state index in [4.69, 9.17) is 34.5 Å². The van der Waals surface area contributed by atoms with E-state index in [9.17, 15) is 72.7 Å². The van der Waals surface area contributed by atoms with Gasteiger partial charge in [-0.05, 0) is 101 Å². The number of nitrogens with zero attached hydrogens (tertiary/aromatic N) is 6. The maximum absolute atomic E-state index is 14.9. The first-order valence-corrected chi connectivity index (χ1v) is 33.3. The highest BCUT2D eigenvalue weighted by Crippen LogP contribution is 2.22. The van der Waals surface area contributed by atoms with Crippen molar-refractivity contribution in [3.8, 4) is 0 Å². The summed E-state index contributed by atoms with van der Waals surface area (Å²) in [4.78, 5) is 208. The highest BCUT2D eigenvalue weighted by molar-refractivity contribution is 6.30. The van der Waals surface area contributed by atoms with E-state index in [1.54, 1.807) is 50.2 Å². The Balaban J connectivity index is 1.31. The summed E-state index contributed by atoms with van der Waals surface area (Å²) in [5.41, 5.74) is 33.0. The number of hydrogen-bond donors (Lipinski definition) is 15. The van der Waals surface area contributed by atoms with Crippen molar-refractivity contribution in [2.75, 3.05) is 32.7 Å². The highest BCUT2D eigenvalue weighted by atomic mass is 35.5. The summed E-state index contributed by atoms with van der Waals surface area (Å²) < 4.78 is 0. The first-order chi connectivity index (χ1) is 48.6. The standard InChI is InChI=1S/C66H86ClN21O14/c1-35(2)25-45-58(95)79-44(65(102)88-24-8-13-52(88)64(101)85-51(32-68)56(69)93)20-23-74-55(92)34-76-53(90)30-49(62(99)78-43(57(94)80-45)12-7-22-75-66(70)71)83-63(100)50(31-54(91)86-87-72)84-61(98)48(29-39-9-6-21-73-33-39)82-60(97)47(27-37-15-18-42(67)19-16-37)81-59(96)46(77-36(3)89)28-38-14-17-40-10-4-5-11-41(40)26-38/h4-6,9-11,14-19,21,26,33,35,43-52H,7-8,12-13,20,22-25,27-32,34,68H2,1-3H3,(H2,69,93)(H,74,92)(H,76,90)(H,77,89)(H,78,99)(H,79,95)(H,80,94)(H,81,96)(H,82,97)(H,83,100)(H,84,98)(H,85,101)(H4,70,71,75)/t43-,44+,45+,46-,47-,48-,49+,50+,51?,52+/m1/s1. The molecule has 0 spiro atoms. The predicted octanol–water partition coefficient (Wildman–Crippen LogP) is -2.91. The summed E-state index contributed by atoms with van der Waals surface area (Å²) >= 11 is 6.22. The monoisotopic (exact) mass is 1430 g/mol. The third-order valence-electron chi connectivity index (χ3n) is 16.4. The minimum absolute atomic E-state index is 0.0193. The van der Waals surface area contributed by atoms with E-state index in [2.05, 4.69) is 78.5 Å². The molecule has 1 aromatic heterocycles. The molecule has 3 aromatic carbocycles. The number of rotatable bonds is 28. The molecule has 14 amide bonds. The SMILES string of the molecule is CC(=O)N[C@H](Cc1ccc2ccccc2c1)C(=O)N[C@H](Cc1ccc(Cl)cc1)C(=O)N[C@H](Cc1cccnc1)C(=O)N[C@@H](CC(=O)N=[N+]=[N-])C(=O)N[C@H]1CC(=O)NCC(=O)NCC[C@@H](C(=O)N2CCC[C@H]2C(=O)NC(CN)C(N)=O)NC(=O)[C@H](CC(C)C)NC(=O)[C@@H](CCCN=C(N)N)NC1=O. The molecule has 19 N–H and O–H groups in total. The van der Waals surface area contributed by atoms with Crippen LogP contribution in [0.1, 0.15) is 88.8 Å². The molecule has 0 saturated carbocycles. The third kappa shape index (κ3) is 25.4. The molecule has 2 saturated heterocycles. The van der Waals surface area contributed by atoms with E-state index in [0.29, 0.717) is 28.1 Å². The van der Waals surface area contributed by atoms with Crippen molar-refractivity contribution >= 4 is 111 Å². The number of hydrogen-bond acceptors (Lipinski definition) is 17. The number of pyridine rings is 1. The number of nitrogens with one attached hydrogen (secondary N) is 11. The van der Waals surface area contributed by atoms with Gasteiger partial charge in [0.05, 0.1) is 13.0 Å². The molecular weight excluding hydrogens is 1350 g/mol. The van der Waals surface area contributed by atoms with Crippen LogP contribution in [0, 0.1) is 5.92 Å². The zero-order valence-corrected chi connectivity index (χ0v) is 57.2. The van der Waals surface area contributed by atoms with Crippen molar-refractivity contribution in [2.24, 2.45) is 39.0 Å². The van der Waals surface area contributed by atoms with E-state index >= 15 is 0 Å². The van der Waals surface area contributed by atoms with Crippen LogP contribution in [0.25, 0.3) is 21.2 Å². The highest BCUT2D eigenvalue weighted by Gasteiger charge is 2.41. The van der Waals surface area contributed by atoms with E-state index in [1.165, 1.54) is 30.3 Å². The molecule has 35 nitrogen and oxygen atoms in total. The molecule has 0 bridgehead atoms. The lowest BCUT2D eigenvalue weighted by atomic mass is 9.99. The Bertz CT molecular complexity index is 3800. The Hall–Kier alpha value is -11.3. The van der Waals surface area contributed by atoms with E-state index in [0.717, 1.165) is 10.8 Å². The number of carbonyl (C=O) groups excluding carboxylic acids is 14. The zero-order chi connectivity index (χ0) is 74.6. The van der Waals surface area contributed by atoms with Crippen molar-refractivity contribution in [3.63, 3.8) is 0 Å². The van der Waals surface area contributed by atoms with Gasteiger partial charge in [-0.25, -0.2) is 0 Å². The van der Waals surface area contributed by atoms with Crippen LogP contribution in [0.2, 0.25) is 5.02 Å². The molecule has 2 fully saturated rings. The number of carbonyl (C=O) groups is 14. The molecule has 1 unspecified atom stereocenters. The minimum atomic E-state index is -2.11. The number of amides is 14. The Morgan fingerprint density at radius 1 is 0.696 bits per heavy atom. The third-order valence-corrected chi connectivity index (χ3v) is 16.6. The number of likely N-dealkylation sites (tertiary alicyclic amines) is 1. The number of guanidine groups is 1. The number of fused-ring (bicyclic) bond motifs is 1. The summed E-state index contributed by atoms with van der Waals surface area (Å²) in [6.07, 6.45) is -0.165. The van der Waals surface area contributed by atoms with Crippen LogP contribution < -0.4 is 81.4 Å². The number of halogens is 1. The molecule has 4 aromatic rings. The van der Waals surface area contributed by atoms with Crippen molar-refractivity contribution in [2.45, 2.75) is 152 Å². The van der Waals surface area contributed by atoms with Gasteiger partial charge in [-0.3, -0.25) is 77.1 Å². The first-order valence-electron chi connectivity index (χ1n) is 32.9. The van der Waals surface area contributed by atoms with Gasteiger partial charge in [-0.15, -0.1) is 0 Å². The van der Waals surface area contributed by atoms with Crippen molar-refractivity contribution in [3.05, 3.63) is 123 Å². The fourth-order valence-electron chi connectivity index (χ4n) is 11.3. The molecule has 3 heterocycles.